The highest BCUT2D eigenvalue weighted by molar-refractivity contribution is 5.85. The smallest absolute Gasteiger partial charge is 0.234 e. The van der Waals surface area contributed by atoms with Crippen molar-refractivity contribution in [2.45, 2.75) is 37.8 Å². The third-order valence-corrected chi connectivity index (χ3v) is 3.73. The molecule has 1 aliphatic carbocycles. The van der Waals surface area contributed by atoms with Gasteiger partial charge in [0.15, 0.2) is 0 Å². The van der Waals surface area contributed by atoms with Crippen molar-refractivity contribution in [2.24, 2.45) is 0 Å². The van der Waals surface area contributed by atoms with Gasteiger partial charge >= 0.3 is 0 Å². The molecule has 0 aromatic rings. The van der Waals surface area contributed by atoms with Crippen LogP contribution in [0.2, 0.25) is 0 Å². The SMILES string of the molecule is COCCNCC(=O)NC1CCN(C2CC2)CC1.Cl.Cl. The lowest BCUT2D eigenvalue weighted by molar-refractivity contribution is -0.121. The van der Waals surface area contributed by atoms with Gasteiger partial charge in [-0.25, -0.2) is 0 Å². The van der Waals surface area contributed by atoms with E-state index in [0.29, 0.717) is 19.2 Å². The third kappa shape index (κ3) is 7.09. The summed E-state index contributed by atoms with van der Waals surface area (Å²) in [5.41, 5.74) is 0. The first-order valence-electron chi connectivity index (χ1n) is 7.02. The molecule has 2 fully saturated rings. The van der Waals surface area contributed by atoms with Crippen LogP contribution in [0.5, 0.6) is 0 Å². The van der Waals surface area contributed by atoms with Crippen molar-refractivity contribution in [3.63, 3.8) is 0 Å². The molecule has 1 amide bonds. The van der Waals surface area contributed by atoms with Crippen LogP contribution in [-0.2, 0) is 9.53 Å². The van der Waals surface area contributed by atoms with Gasteiger partial charge in [0, 0.05) is 38.8 Å². The molecule has 0 atom stereocenters. The normalized spacial score (nSPS) is 19.9. The molecule has 2 aliphatic rings. The number of hydrogen-bond acceptors (Lipinski definition) is 4. The summed E-state index contributed by atoms with van der Waals surface area (Å²) in [4.78, 5) is 14.2. The monoisotopic (exact) mass is 327 g/mol. The lowest BCUT2D eigenvalue weighted by Gasteiger charge is -2.32. The number of amides is 1. The summed E-state index contributed by atoms with van der Waals surface area (Å²) in [6, 6.07) is 1.23. The van der Waals surface area contributed by atoms with E-state index in [4.69, 9.17) is 4.74 Å². The molecule has 0 bridgehead atoms. The predicted octanol–water partition coefficient (Wildman–Crippen LogP) is 0.809. The Kier molecular flexibility index (Phi) is 10.6. The molecule has 1 saturated heterocycles. The molecule has 0 spiro atoms. The second kappa shape index (κ2) is 10.6. The number of nitrogens with one attached hydrogen (secondary N) is 2. The van der Waals surface area contributed by atoms with E-state index in [9.17, 15) is 4.79 Å². The Balaban J connectivity index is 0.00000180. The van der Waals surface area contributed by atoms with Gasteiger partial charge in [0.25, 0.3) is 0 Å². The van der Waals surface area contributed by atoms with Crippen molar-refractivity contribution in [3.8, 4) is 0 Å². The van der Waals surface area contributed by atoms with Gasteiger partial charge in [-0.1, -0.05) is 0 Å². The van der Waals surface area contributed by atoms with E-state index >= 15 is 0 Å². The highest BCUT2D eigenvalue weighted by atomic mass is 35.5. The Bertz CT molecular complexity index is 270. The predicted molar refractivity (Wildman–Crippen MR) is 85.0 cm³/mol. The number of methoxy groups -OCH3 is 1. The van der Waals surface area contributed by atoms with Crippen LogP contribution < -0.4 is 10.6 Å². The maximum absolute atomic E-state index is 11.7. The van der Waals surface area contributed by atoms with Crippen molar-refractivity contribution >= 4 is 30.7 Å². The molecule has 1 saturated carbocycles. The fourth-order valence-corrected chi connectivity index (χ4v) is 2.50. The molecule has 20 heavy (non-hydrogen) atoms. The lowest BCUT2D eigenvalue weighted by Crippen LogP contribution is -2.47. The highest BCUT2D eigenvalue weighted by Gasteiger charge is 2.31. The molecule has 7 heteroatoms. The zero-order chi connectivity index (χ0) is 12.8. The summed E-state index contributed by atoms with van der Waals surface area (Å²) in [5.74, 6) is 0.107. The number of rotatable bonds is 7. The van der Waals surface area contributed by atoms with E-state index in [1.165, 1.54) is 12.8 Å². The maximum Gasteiger partial charge on any atom is 0.234 e. The molecule has 0 aromatic heterocycles. The summed E-state index contributed by atoms with van der Waals surface area (Å²) in [6.07, 6.45) is 4.95. The van der Waals surface area contributed by atoms with E-state index < -0.39 is 0 Å². The van der Waals surface area contributed by atoms with Gasteiger partial charge in [0.1, 0.15) is 0 Å². The van der Waals surface area contributed by atoms with E-state index in [-0.39, 0.29) is 30.7 Å². The number of halogens is 2. The molecule has 0 radical (unpaired) electrons. The van der Waals surface area contributed by atoms with E-state index in [0.717, 1.165) is 38.5 Å². The zero-order valence-corrected chi connectivity index (χ0v) is 13.7. The number of carbonyl (C=O) groups excluding carboxylic acids is 1. The summed E-state index contributed by atoms with van der Waals surface area (Å²) < 4.78 is 4.91. The number of carbonyl (C=O) groups is 1. The molecule has 2 rings (SSSR count). The van der Waals surface area contributed by atoms with Crippen LogP contribution in [0.25, 0.3) is 0 Å². The number of hydrogen-bond donors (Lipinski definition) is 2. The zero-order valence-electron chi connectivity index (χ0n) is 12.1. The highest BCUT2D eigenvalue weighted by Crippen LogP contribution is 2.29. The number of ether oxygens (including phenoxy) is 1. The van der Waals surface area contributed by atoms with Gasteiger partial charge in [-0.3, -0.25) is 4.79 Å². The molecule has 1 aliphatic heterocycles. The summed E-state index contributed by atoms with van der Waals surface area (Å²) in [7, 11) is 1.66. The molecule has 0 aromatic carbocycles. The lowest BCUT2D eigenvalue weighted by atomic mass is 10.0. The summed E-state index contributed by atoms with van der Waals surface area (Å²) >= 11 is 0. The summed E-state index contributed by atoms with van der Waals surface area (Å²) in [6.45, 7) is 4.06. The molecule has 0 unspecified atom stereocenters. The van der Waals surface area contributed by atoms with Crippen LogP contribution in [0, 0.1) is 0 Å². The molecule has 1 heterocycles. The van der Waals surface area contributed by atoms with Crippen LogP contribution in [0.15, 0.2) is 0 Å². The maximum atomic E-state index is 11.7. The first kappa shape index (κ1) is 19.9. The van der Waals surface area contributed by atoms with E-state index in [1.807, 2.05) is 0 Å². The van der Waals surface area contributed by atoms with Gasteiger partial charge in [-0.05, 0) is 25.7 Å². The number of nitrogens with zero attached hydrogens (tertiary/aromatic N) is 1. The Morgan fingerprint density at radius 2 is 1.85 bits per heavy atom. The van der Waals surface area contributed by atoms with Gasteiger partial charge in [0.05, 0.1) is 13.2 Å². The van der Waals surface area contributed by atoms with Crippen molar-refractivity contribution < 1.29 is 9.53 Å². The average molecular weight is 328 g/mol. The second-order valence-corrected chi connectivity index (χ2v) is 5.28. The number of piperidine rings is 1. The van der Waals surface area contributed by atoms with Crippen molar-refractivity contribution in [3.05, 3.63) is 0 Å². The number of likely N-dealkylation sites (tertiary alicyclic amines) is 1. The van der Waals surface area contributed by atoms with Crippen LogP contribution in [0.3, 0.4) is 0 Å². The Morgan fingerprint density at radius 1 is 1.20 bits per heavy atom. The third-order valence-electron chi connectivity index (χ3n) is 3.73. The minimum atomic E-state index is 0. The first-order valence-corrected chi connectivity index (χ1v) is 7.02. The minimum Gasteiger partial charge on any atom is -0.383 e. The van der Waals surface area contributed by atoms with E-state index in [1.54, 1.807) is 7.11 Å². The first-order chi connectivity index (χ1) is 8.79. The molecular formula is C13H27Cl2N3O2. The average Bonchev–Trinajstić information content (AvgIpc) is 3.20. The van der Waals surface area contributed by atoms with Crippen molar-refractivity contribution in [1.29, 1.82) is 0 Å². The van der Waals surface area contributed by atoms with Gasteiger partial charge in [0.2, 0.25) is 5.91 Å². The molecular weight excluding hydrogens is 301 g/mol. The Morgan fingerprint density at radius 3 is 2.40 bits per heavy atom. The van der Waals surface area contributed by atoms with Gasteiger partial charge in [-0.15, -0.1) is 24.8 Å². The second-order valence-electron chi connectivity index (χ2n) is 5.28. The quantitative estimate of drug-likeness (QED) is 0.679. The van der Waals surface area contributed by atoms with Crippen LogP contribution in [0.4, 0.5) is 0 Å². The molecule has 2 N–H and O–H groups in total. The van der Waals surface area contributed by atoms with Crippen LogP contribution in [-0.4, -0.2) is 62.8 Å². The Labute approximate surface area is 134 Å². The summed E-state index contributed by atoms with van der Waals surface area (Å²) in [5, 5.41) is 6.17. The fourth-order valence-electron chi connectivity index (χ4n) is 2.50. The van der Waals surface area contributed by atoms with Crippen molar-refractivity contribution in [1.82, 2.24) is 15.5 Å². The van der Waals surface area contributed by atoms with E-state index in [2.05, 4.69) is 15.5 Å². The standard InChI is InChI=1S/C13H25N3O2.2ClH/c1-18-9-6-14-10-13(17)15-11-4-7-16(8-5-11)12-2-3-12;;/h11-12,14H,2-10H2,1H3,(H,15,17);2*1H. The molecule has 5 nitrogen and oxygen atoms in total. The van der Waals surface area contributed by atoms with Gasteiger partial charge < -0.3 is 20.3 Å². The van der Waals surface area contributed by atoms with Crippen molar-refractivity contribution in [2.75, 3.05) is 39.9 Å². The topological polar surface area (TPSA) is 53.6 Å². The fraction of sp³-hybridized carbons (Fsp3) is 0.923. The molecule has 120 valence electrons. The van der Waals surface area contributed by atoms with Crippen LogP contribution in [0.1, 0.15) is 25.7 Å². The largest absolute Gasteiger partial charge is 0.383 e. The Hall–Kier alpha value is -0.0700. The van der Waals surface area contributed by atoms with Gasteiger partial charge in [-0.2, -0.15) is 0 Å². The minimum absolute atomic E-state index is 0. The van der Waals surface area contributed by atoms with Crippen LogP contribution >= 0.6 is 24.8 Å².